The van der Waals surface area contributed by atoms with Crippen LogP contribution in [0.5, 0.6) is 0 Å². The van der Waals surface area contributed by atoms with Gasteiger partial charge in [0.25, 0.3) is 0 Å². The van der Waals surface area contributed by atoms with E-state index in [1.807, 2.05) is 72.8 Å². The fourth-order valence-corrected chi connectivity index (χ4v) is 3.77. The Balaban J connectivity index is 1.93. The van der Waals surface area contributed by atoms with Crippen molar-refractivity contribution in [3.8, 4) is 0 Å². The summed E-state index contributed by atoms with van der Waals surface area (Å²) < 4.78 is 12.6. The molecule has 0 aromatic heterocycles. The van der Waals surface area contributed by atoms with Crippen molar-refractivity contribution in [1.29, 1.82) is 0 Å². The minimum atomic E-state index is -1.87. The number of hydrogen-bond acceptors (Lipinski definition) is 1. The van der Waals surface area contributed by atoms with Crippen molar-refractivity contribution in [2.45, 2.75) is 0 Å². The Morgan fingerprint density at radius 1 is 0.611 bits per heavy atom. The SMILES string of the molecule is O=[PH]1C(c2ccccc2)=CC=C1c1ccccc1. The van der Waals surface area contributed by atoms with Gasteiger partial charge in [-0.1, -0.05) is 72.8 Å². The molecule has 0 saturated carbocycles. The summed E-state index contributed by atoms with van der Waals surface area (Å²) in [5.74, 6) is 0. The zero-order chi connectivity index (χ0) is 12.4. The van der Waals surface area contributed by atoms with E-state index in [0.29, 0.717) is 0 Å². The van der Waals surface area contributed by atoms with Gasteiger partial charge in [-0.05, 0) is 11.1 Å². The van der Waals surface area contributed by atoms with Crippen LogP contribution in [0, 0.1) is 0 Å². The lowest BCUT2D eigenvalue weighted by atomic mass is 10.2. The molecule has 1 aliphatic heterocycles. The fourth-order valence-electron chi connectivity index (χ4n) is 2.15. The van der Waals surface area contributed by atoms with Crippen LogP contribution in [0.2, 0.25) is 0 Å². The minimum absolute atomic E-state index is 0.958. The third-order valence-corrected chi connectivity index (χ3v) is 4.96. The maximum Gasteiger partial charge on any atom is 0.133 e. The summed E-state index contributed by atoms with van der Waals surface area (Å²) in [6, 6.07) is 19.9. The third-order valence-electron chi connectivity index (χ3n) is 3.08. The Kier molecular flexibility index (Phi) is 3.00. The van der Waals surface area contributed by atoms with Crippen molar-refractivity contribution >= 4 is 18.4 Å². The highest BCUT2D eigenvalue weighted by atomic mass is 31.1. The van der Waals surface area contributed by atoms with Gasteiger partial charge in [0.1, 0.15) is 7.80 Å². The number of hydrogen-bond donors (Lipinski definition) is 0. The van der Waals surface area contributed by atoms with E-state index in [9.17, 15) is 4.57 Å². The van der Waals surface area contributed by atoms with Gasteiger partial charge in [0.05, 0.1) is 0 Å². The van der Waals surface area contributed by atoms with Gasteiger partial charge in [0, 0.05) is 10.6 Å². The first-order valence-electron chi connectivity index (χ1n) is 5.94. The van der Waals surface area contributed by atoms with Crippen LogP contribution < -0.4 is 0 Å². The van der Waals surface area contributed by atoms with Crippen LogP contribution in [0.3, 0.4) is 0 Å². The van der Waals surface area contributed by atoms with Gasteiger partial charge >= 0.3 is 0 Å². The van der Waals surface area contributed by atoms with Gasteiger partial charge in [-0.15, -0.1) is 0 Å². The van der Waals surface area contributed by atoms with Crippen molar-refractivity contribution in [1.82, 2.24) is 0 Å². The van der Waals surface area contributed by atoms with Crippen LogP contribution in [0.15, 0.2) is 72.8 Å². The van der Waals surface area contributed by atoms with Crippen LogP contribution in [0.4, 0.5) is 0 Å². The van der Waals surface area contributed by atoms with Crippen molar-refractivity contribution in [2.24, 2.45) is 0 Å². The zero-order valence-electron chi connectivity index (χ0n) is 9.84. The van der Waals surface area contributed by atoms with Gasteiger partial charge in [0.2, 0.25) is 0 Å². The predicted molar refractivity (Wildman–Crippen MR) is 77.8 cm³/mol. The highest BCUT2D eigenvalue weighted by Crippen LogP contribution is 2.55. The Morgan fingerprint density at radius 3 is 1.39 bits per heavy atom. The molecule has 1 heterocycles. The average Bonchev–Trinajstić information content (AvgIpc) is 2.83. The van der Waals surface area contributed by atoms with Gasteiger partial charge in [-0.3, -0.25) is 0 Å². The lowest BCUT2D eigenvalue weighted by Crippen LogP contribution is -1.78. The second-order valence-corrected chi connectivity index (χ2v) is 5.96. The number of allylic oxidation sites excluding steroid dienone is 2. The Morgan fingerprint density at radius 2 is 1.00 bits per heavy atom. The van der Waals surface area contributed by atoms with E-state index in [0.717, 1.165) is 21.8 Å². The lowest BCUT2D eigenvalue weighted by Gasteiger charge is -2.06. The van der Waals surface area contributed by atoms with E-state index < -0.39 is 7.80 Å². The summed E-state index contributed by atoms with van der Waals surface area (Å²) in [5.41, 5.74) is 2.12. The van der Waals surface area contributed by atoms with Crippen molar-refractivity contribution in [3.63, 3.8) is 0 Å². The molecule has 0 saturated heterocycles. The molecule has 2 aromatic carbocycles. The summed E-state index contributed by atoms with van der Waals surface area (Å²) in [7, 11) is -1.87. The molecule has 2 aromatic rings. The molecule has 0 amide bonds. The summed E-state index contributed by atoms with van der Waals surface area (Å²) in [6.45, 7) is 0. The topological polar surface area (TPSA) is 17.1 Å². The second-order valence-electron chi connectivity index (χ2n) is 4.22. The molecule has 0 unspecified atom stereocenters. The summed E-state index contributed by atoms with van der Waals surface area (Å²) in [4.78, 5) is 0. The molecule has 18 heavy (non-hydrogen) atoms. The second kappa shape index (κ2) is 4.80. The molecule has 1 nitrogen and oxygen atoms in total. The first-order valence-corrected chi connectivity index (χ1v) is 7.34. The van der Waals surface area contributed by atoms with Crippen LogP contribution >= 0.6 is 7.80 Å². The van der Waals surface area contributed by atoms with Gasteiger partial charge in [0.15, 0.2) is 0 Å². The minimum Gasteiger partial charge on any atom is -0.317 e. The normalized spacial score (nSPS) is 15.3. The molecule has 1 aliphatic rings. The van der Waals surface area contributed by atoms with Crippen molar-refractivity contribution in [2.75, 3.05) is 0 Å². The molecule has 3 rings (SSSR count). The van der Waals surface area contributed by atoms with Crippen molar-refractivity contribution in [3.05, 3.63) is 83.9 Å². The molecule has 2 heteroatoms. The van der Waals surface area contributed by atoms with E-state index in [1.165, 1.54) is 0 Å². The van der Waals surface area contributed by atoms with E-state index in [4.69, 9.17) is 0 Å². The van der Waals surface area contributed by atoms with Gasteiger partial charge in [-0.2, -0.15) is 0 Å². The third kappa shape index (κ3) is 1.98. The predicted octanol–water partition coefficient (Wildman–Crippen LogP) is 4.64. The van der Waals surface area contributed by atoms with Crippen molar-refractivity contribution < 1.29 is 4.57 Å². The van der Waals surface area contributed by atoms with Crippen LogP contribution in [0.1, 0.15) is 11.1 Å². The Labute approximate surface area is 107 Å². The average molecular weight is 252 g/mol. The molecule has 0 spiro atoms. The zero-order valence-corrected chi connectivity index (χ0v) is 10.8. The van der Waals surface area contributed by atoms with E-state index in [-0.39, 0.29) is 0 Å². The number of rotatable bonds is 2. The number of benzene rings is 2. The maximum absolute atomic E-state index is 12.6. The first kappa shape index (κ1) is 11.3. The fraction of sp³-hybridized carbons (Fsp3) is 0. The van der Waals surface area contributed by atoms with Crippen LogP contribution in [-0.2, 0) is 4.57 Å². The van der Waals surface area contributed by atoms with E-state index >= 15 is 0 Å². The summed E-state index contributed by atoms with van der Waals surface area (Å²) >= 11 is 0. The molecule has 0 aliphatic carbocycles. The molecule has 0 bridgehead atoms. The van der Waals surface area contributed by atoms with E-state index in [1.54, 1.807) is 0 Å². The molecular formula is C16H13OP. The smallest absolute Gasteiger partial charge is 0.133 e. The molecule has 0 N–H and O–H groups in total. The standard InChI is InChI=1S/C16H13OP/c17-18-15(13-7-3-1-4-8-13)11-12-16(18)14-9-5-2-6-10-14/h1-12,18H. The highest BCUT2D eigenvalue weighted by Gasteiger charge is 2.19. The molecular weight excluding hydrogens is 239 g/mol. The Bertz CT molecular complexity index is 582. The summed E-state index contributed by atoms with van der Waals surface area (Å²) in [5, 5.41) is 1.92. The highest BCUT2D eigenvalue weighted by molar-refractivity contribution is 7.67. The molecule has 0 radical (unpaired) electrons. The largest absolute Gasteiger partial charge is 0.317 e. The van der Waals surface area contributed by atoms with Gasteiger partial charge in [-0.25, -0.2) is 0 Å². The maximum atomic E-state index is 12.6. The Hall–Kier alpha value is -1.85. The molecule has 88 valence electrons. The quantitative estimate of drug-likeness (QED) is 0.711. The molecule has 0 fully saturated rings. The van der Waals surface area contributed by atoms with Crippen LogP contribution in [0.25, 0.3) is 10.6 Å². The van der Waals surface area contributed by atoms with Gasteiger partial charge < -0.3 is 4.57 Å². The monoisotopic (exact) mass is 252 g/mol. The molecule has 0 atom stereocenters. The first-order chi connectivity index (χ1) is 8.86. The summed E-state index contributed by atoms with van der Waals surface area (Å²) in [6.07, 6.45) is 3.97. The van der Waals surface area contributed by atoms with E-state index in [2.05, 4.69) is 0 Å². The van der Waals surface area contributed by atoms with Crippen LogP contribution in [-0.4, -0.2) is 0 Å². The lowest BCUT2D eigenvalue weighted by molar-refractivity contribution is 0.599.